The van der Waals surface area contributed by atoms with Crippen LogP contribution < -0.4 is 20.0 Å². The van der Waals surface area contributed by atoms with E-state index in [0.29, 0.717) is 12.6 Å². The minimum atomic E-state index is -0.233. The van der Waals surface area contributed by atoms with Crippen molar-refractivity contribution < 1.29 is 4.79 Å². The average Bonchev–Trinajstić information content (AvgIpc) is 3.48. The lowest BCUT2D eigenvalue weighted by Crippen LogP contribution is -2.54. The number of rotatable bonds is 6. The standard InChI is InChI=1S/C25H32N6O/c1-18(2)27-22-6-5-9-26-25(22)30-12-13-31(21(16-30)17-32)24-14-19-7-8-20(15-23(19)28-24)29-10-3-4-11-29/h5-9,14-15,17-18,21,27-28H,3-4,10-13,16H2,1-2H3. The van der Waals surface area contributed by atoms with Crippen molar-refractivity contribution in [1.82, 2.24) is 9.97 Å². The van der Waals surface area contributed by atoms with Crippen molar-refractivity contribution in [1.29, 1.82) is 0 Å². The van der Waals surface area contributed by atoms with E-state index in [1.165, 1.54) is 23.9 Å². The van der Waals surface area contributed by atoms with Crippen LogP contribution in [0.5, 0.6) is 0 Å². The Labute approximate surface area is 189 Å². The van der Waals surface area contributed by atoms with Gasteiger partial charge in [0.15, 0.2) is 5.82 Å². The van der Waals surface area contributed by atoms with Gasteiger partial charge in [-0.05, 0) is 57.0 Å². The Balaban J connectivity index is 1.37. The fraction of sp³-hybridized carbons (Fsp3) is 0.440. The molecule has 168 valence electrons. The van der Waals surface area contributed by atoms with Gasteiger partial charge in [0.1, 0.15) is 18.1 Å². The third-order valence-electron chi connectivity index (χ3n) is 6.48. The van der Waals surface area contributed by atoms with Crippen molar-refractivity contribution in [3.05, 3.63) is 42.6 Å². The molecule has 7 heteroatoms. The summed E-state index contributed by atoms with van der Waals surface area (Å²) < 4.78 is 0. The Morgan fingerprint density at radius 3 is 2.72 bits per heavy atom. The minimum Gasteiger partial charge on any atom is -0.380 e. The molecule has 32 heavy (non-hydrogen) atoms. The lowest BCUT2D eigenvalue weighted by Gasteiger charge is -2.40. The van der Waals surface area contributed by atoms with Gasteiger partial charge in [0, 0.05) is 61.6 Å². The molecule has 2 aliphatic rings. The Morgan fingerprint density at radius 2 is 1.94 bits per heavy atom. The number of carbonyl (C=O) groups is 1. The van der Waals surface area contributed by atoms with Gasteiger partial charge in [0.05, 0.1) is 5.69 Å². The number of fused-ring (bicyclic) bond motifs is 1. The number of benzene rings is 1. The van der Waals surface area contributed by atoms with Crippen LogP contribution >= 0.6 is 0 Å². The number of nitrogens with one attached hydrogen (secondary N) is 2. The maximum atomic E-state index is 12.1. The fourth-order valence-corrected chi connectivity index (χ4v) is 4.92. The van der Waals surface area contributed by atoms with E-state index in [9.17, 15) is 4.79 Å². The molecular weight excluding hydrogens is 400 g/mol. The molecule has 2 aliphatic heterocycles. The molecule has 2 N–H and O–H groups in total. The lowest BCUT2D eigenvalue weighted by atomic mass is 10.1. The maximum absolute atomic E-state index is 12.1. The molecule has 0 saturated carbocycles. The Morgan fingerprint density at radius 1 is 1.09 bits per heavy atom. The molecule has 0 spiro atoms. The number of pyridine rings is 1. The molecule has 0 bridgehead atoms. The van der Waals surface area contributed by atoms with E-state index in [0.717, 1.165) is 55.3 Å². The number of hydrogen-bond donors (Lipinski definition) is 2. The fourth-order valence-electron chi connectivity index (χ4n) is 4.92. The highest BCUT2D eigenvalue weighted by Crippen LogP contribution is 2.31. The number of hydrogen-bond acceptors (Lipinski definition) is 6. The first-order valence-corrected chi connectivity index (χ1v) is 11.7. The van der Waals surface area contributed by atoms with Crippen LogP contribution in [0.2, 0.25) is 0 Å². The third-order valence-corrected chi connectivity index (χ3v) is 6.48. The van der Waals surface area contributed by atoms with Gasteiger partial charge >= 0.3 is 0 Å². The molecule has 2 saturated heterocycles. The number of anilines is 4. The number of H-pyrrole nitrogens is 1. The van der Waals surface area contributed by atoms with Crippen LogP contribution in [0, 0.1) is 0 Å². The molecule has 5 rings (SSSR count). The number of carbonyl (C=O) groups excluding carboxylic acids is 1. The number of nitrogens with zero attached hydrogens (tertiary/aromatic N) is 4. The quantitative estimate of drug-likeness (QED) is 0.577. The maximum Gasteiger partial charge on any atom is 0.152 e. The zero-order chi connectivity index (χ0) is 22.1. The summed E-state index contributed by atoms with van der Waals surface area (Å²) >= 11 is 0. The predicted octanol–water partition coefficient (Wildman–Crippen LogP) is 3.88. The monoisotopic (exact) mass is 432 g/mol. The van der Waals surface area contributed by atoms with Gasteiger partial charge < -0.3 is 29.8 Å². The highest BCUT2D eigenvalue weighted by atomic mass is 16.1. The number of piperazine rings is 1. The van der Waals surface area contributed by atoms with Crippen LogP contribution in [0.4, 0.5) is 23.0 Å². The van der Waals surface area contributed by atoms with Gasteiger partial charge in [-0.15, -0.1) is 0 Å². The van der Waals surface area contributed by atoms with E-state index in [1.54, 1.807) is 0 Å². The Hall–Kier alpha value is -3.22. The van der Waals surface area contributed by atoms with Crippen LogP contribution in [0.1, 0.15) is 26.7 Å². The van der Waals surface area contributed by atoms with Crippen molar-refractivity contribution >= 4 is 40.2 Å². The smallest absolute Gasteiger partial charge is 0.152 e. The van der Waals surface area contributed by atoms with Gasteiger partial charge in [-0.25, -0.2) is 4.98 Å². The second-order valence-electron chi connectivity index (χ2n) is 9.14. The lowest BCUT2D eigenvalue weighted by molar-refractivity contribution is -0.109. The minimum absolute atomic E-state index is 0.233. The average molecular weight is 433 g/mol. The van der Waals surface area contributed by atoms with Crippen molar-refractivity contribution in [2.45, 2.75) is 38.8 Å². The number of aromatic amines is 1. The molecule has 1 unspecified atom stereocenters. The van der Waals surface area contributed by atoms with Crippen LogP contribution in [0.25, 0.3) is 10.9 Å². The van der Waals surface area contributed by atoms with Gasteiger partial charge in [0.2, 0.25) is 0 Å². The third kappa shape index (κ3) is 3.99. The van der Waals surface area contributed by atoms with E-state index >= 15 is 0 Å². The normalized spacial score (nSPS) is 19.2. The van der Waals surface area contributed by atoms with Crippen molar-refractivity contribution in [3.63, 3.8) is 0 Å². The van der Waals surface area contributed by atoms with Gasteiger partial charge in [0.25, 0.3) is 0 Å². The van der Waals surface area contributed by atoms with Crippen molar-refractivity contribution in [3.8, 4) is 0 Å². The van der Waals surface area contributed by atoms with Crippen LogP contribution in [0.15, 0.2) is 42.6 Å². The molecule has 1 atom stereocenters. The van der Waals surface area contributed by atoms with Gasteiger partial charge in [-0.3, -0.25) is 0 Å². The van der Waals surface area contributed by atoms with E-state index in [2.05, 4.69) is 74.2 Å². The summed E-state index contributed by atoms with van der Waals surface area (Å²) in [7, 11) is 0. The highest BCUT2D eigenvalue weighted by Gasteiger charge is 2.29. The van der Waals surface area contributed by atoms with E-state index < -0.39 is 0 Å². The van der Waals surface area contributed by atoms with Crippen molar-refractivity contribution in [2.24, 2.45) is 0 Å². The molecule has 1 aromatic carbocycles. The van der Waals surface area contributed by atoms with Crippen LogP contribution in [-0.2, 0) is 4.79 Å². The number of aldehydes is 1. The van der Waals surface area contributed by atoms with E-state index in [1.807, 2.05) is 12.3 Å². The molecule has 7 nitrogen and oxygen atoms in total. The van der Waals surface area contributed by atoms with E-state index in [4.69, 9.17) is 0 Å². The van der Waals surface area contributed by atoms with E-state index in [-0.39, 0.29) is 6.04 Å². The Bertz CT molecular complexity index is 1090. The summed E-state index contributed by atoms with van der Waals surface area (Å²) in [5.74, 6) is 1.93. The van der Waals surface area contributed by atoms with Crippen LogP contribution in [0.3, 0.4) is 0 Å². The summed E-state index contributed by atoms with van der Waals surface area (Å²) in [6, 6.07) is 12.9. The first-order valence-electron chi connectivity index (χ1n) is 11.7. The first kappa shape index (κ1) is 20.7. The SMILES string of the molecule is CC(C)Nc1cccnc1N1CCN(c2cc3ccc(N4CCCC4)cc3[nH]2)C(C=O)C1. The zero-order valence-corrected chi connectivity index (χ0v) is 18.9. The zero-order valence-electron chi connectivity index (χ0n) is 18.9. The molecule has 2 aromatic heterocycles. The Kier molecular flexibility index (Phi) is 5.64. The molecule has 0 amide bonds. The summed E-state index contributed by atoms with van der Waals surface area (Å²) in [5, 5.41) is 4.66. The van der Waals surface area contributed by atoms with Crippen molar-refractivity contribution in [2.75, 3.05) is 52.7 Å². The second-order valence-corrected chi connectivity index (χ2v) is 9.14. The molecule has 4 heterocycles. The summed E-state index contributed by atoms with van der Waals surface area (Å²) in [6.07, 6.45) is 5.42. The summed E-state index contributed by atoms with van der Waals surface area (Å²) in [5.41, 5.74) is 3.42. The van der Waals surface area contributed by atoms with Crippen LogP contribution in [-0.4, -0.2) is 61.1 Å². The second kappa shape index (κ2) is 8.73. The highest BCUT2D eigenvalue weighted by molar-refractivity contribution is 5.88. The summed E-state index contributed by atoms with van der Waals surface area (Å²) in [6.45, 7) is 8.68. The molecule has 0 radical (unpaired) electrons. The molecule has 3 aromatic rings. The summed E-state index contributed by atoms with van der Waals surface area (Å²) in [4.78, 5) is 27.2. The first-order chi connectivity index (χ1) is 15.6. The van der Waals surface area contributed by atoms with Gasteiger partial charge in [-0.2, -0.15) is 0 Å². The molecule has 0 aliphatic carbocycles. The number of aromatic nitrogens is 2. The topological polar surface area (TPSA) is 67.5 Å². The predicted molar refractivity (Wildman–Crippen MR) is 132 cm³/mol. The molecule has 2 fully saturated rings. The van der Waals surface area contributed by atoms with Gasteiger partial charge in [-0.1, -0.05) is 6.07 Å². The largest absolute Gasteiger partial charge is 0.380 e. The molecular formula is C25H32N6O.